The van der Waals surface area contributed by atoms with Crippen molar-refractivity contribution in [1.82, 2.24) is 10.2 Å². The second-order valence-electron chi connectivity index (χ2n) is 5.89. The summed E-state index contributed by atoms with van der Waals surface area (Å²) in [5, 5.41) is 2.69. The first kappa shape index (κ1) is 16.8. The normalized spacial score (nSPS) is 15.7. The highest BCUT2D eigenvalue weighted by atomic mass is 32.2. The summed E-state index contributed by atoms with van der Waals surface area (Å²) in [5.41, 5.74) is 0. The predicted molar refractivity (Wildman–Crippen MR) is 86.5 cm³/mol. The van der Waals surface area contributed by atoms with Crippen molar-refractivity contribution in [2.45, 2.75) is 30.6 Å². The van der Waals surface area contributed by atoms with Gasteiger partial charge in [0.25, 0.3) is 0 Å². The molecule has 0 heterocycles. The molecule has 1 N–H and O–H groups in total. The van der Waals surface area contributed by atoms with Crippen LogP contribution in [0.1, 0.15) is 25.7 Å². The number of nitrogens with zero attached hydrogens (tertiary/aromatic N) is 1. The fraction of sp³-hybridized carbons (Fsp3) is 0.562. The number of benzene rings is 1. The molecular weight excluding hydrogens is 300 g/mol. The van der Waals surface area contributed by atoms with Gasteiger partial charge < -0.3 is 10.2 Å². The number of rotatable bonds is 6. The Morgan fingerprint density at radius 1 is 1.23 bits per heavy atom. The van der Waals surface area contributed by atoms with Gasteiger partial charge in [-0.25, -0.2) is 13.2 Å². The van der Waals surface area contributed by atoms with E-state index in [1.165, 1.54) is 25.7 Å². The molecule has 0 bridgehead atoms. The maximum absolute atomic E-state index is 12.1. The number of hydrogen-bond acceptors (Lipinski definition) is 3. The highest BCUT2D eigenvalue weighted by Crippen LogP contribution is 2.25. The minimum Gasteiger partial charge on any atom is -0.337 e. The Balaban J connectivity index is 1.76. The van der Waals surface area contributed by atoms with E-state index in [2.05, 4.69) is 5.32 Å². The molecule has 0 radical (unpaired) electrons. The van der Waals surface area contributed by atoms with E-state index in [0.717, 1.165) is 6.54 Å². The highest BCUT2D eigenvalue weighted by Gasteiger charge is 2.20. The van der Waals surface area contributed by atoms with Gasteiger partial charge in [0.05, 0.1) is 10.6 Å². The Morgan fingerprint density at radius 3 is 2.50 bits per heavy atom. The van der Waals surface area contributed by atoms with E-state index < -0.39 is 9.84 Å². The third kappa shape index (κ3) is 4.73. The van der Waals surface area contributed by atoms with Crippen LogP contribution in [0.4, 0.5) is 4.79 Å². The van der Waals surface area contributed by atoms with Crippen LogP contribution in [-0.4, -0.2) is 45.2 Å². The summed E-state index contributed by atoms with van der Waals surface area (Å²) >= 11 is 0. The lowest BCUT2D eigenvalue weighted by molar-refractivity contribution is 0.201. The van der Waals surface area contributed by atoms with Crippen molar-refractivity contribution < 1.29 is 13.2 Å². The first-order chi connectivity index (χ1) is 10.5. The third-order valence-corrected chi connectivity index (χ3v) is 5.83. The second-order valence-corrected chi connectivity index (χ2v) is 8.00. The SMILES string of the molecule is CN(CC1CCCC1)C(=O)NCCS(=O)(=O)c1ccccc1. The van der Waals surface area contributed by atoms with Crippen molar-refractivity contribution >= 4 is 15.9 Å². The molecule has 0 spiro atoms. The van der Waals surface area contributed by atoms with Crippen LogP contribution >= 0.6 is 0 Å². The lowest BCUT2D eigenvalue weighted by Crippen LogP contribution is -2.41. The van der Waals surface area contributed by atoms with Gasteiger partial charge in [0.1, 0.15) is 0 Å². The highest BCUT2D eigenvalue weighted by molar-refractivity contribution is 7.91. The number of carbonyl (C=O) groups is 1. The van der Waals surface area contributed by atoms with Gasteiger partial charge in [-0.1, -0.05) is 31.0 Å². The Kier molecular flexibility index (Phi) is 5.83. The van der Waals surface area contributed by atoms with Crippen LogP contribution in [0.15, 0.2) is 35.2 Å². The minimum atomic E-state index is -3.34. The van der Waals surface area contributed by atoms with E-state index in [4.69, 9.17) is 0 Å². The molecule has 5 nitrogen and oxygen atoms in total. The largest absolute Gasteiger partial charge is 0.337 e. The molecule has 2 amide bonds. The van der Waals surface area contributed by atoms with Crippen molar-refractivity contribution in [1.29, 1.82) is 0 Å². The quantitative estimate of drug-likeness (QED) is 0.873. The Morgan fingerprint density at radius 2 is 1.86 bits per heavy atom. The van der Waals surface area contributed by atoms with Gasteiger partial charge in [-0.05, 0) is 30.9 Å². The Labute approximate surface area is 132 Å². The Bertz CT molecular complexity index is 581. The van der Waals surface area contributed by atoms with Gasteiger partial charge >= 0.3 is 6.03 Å². The van der Waals surface area contributed by atoms with E-state index >= 15 is 0 Å². The molecule has 6 heteroatoms. The van der Waals surface area contributed by atoms with E-state index in [9.17, 15) is 13.2 Å². The Hall–Kier alpha value is -1.56. The van der Waals surface area contributed by atoms with Gasteiger partial charge in [0.15, 0.2) is 9.84 Å². The fourth-order valence-electron chi connectivity index (χ4n) is 2.84. The minimum absolute atomic E-state index is 0.0833. The van der Waals surface area contributed by atoms with Crippen LogP contribution in [0.2, 0.25) is 0 Å². The standard InChI is InChI=1S/C16H24N2O3S/c1-18(13-14-7-5-6-8-14)16(19)17-11-12-22(20,21)15-9-3-2-4-10-15/h2-4,9-10,14H,5-8,11-13H2,1H3,(H,17,19). The summed E-state index contributed by atoms with van der Waals surface area (Å²) in [6.07, 6.45) is 4.85. The summed E-state index contributed by atoms with van der Waals surface area (Å²) in [6, 6.07) is 8.11. The summed E-state index contributed by atoms with van der Waals surface area (Å²) in [4.78, 5) is 13.9. The number of hydrogen-bond donors (Lipinski definition) is 1. The van der Waals surface area contributed by atoms with E-state index in [1.54, 1.807) is 42.3 Å². The van der Waals surface area contributed by atoms with Gasteiger partial charge in [-0.3, -0.25) is 0 Å². The first-order valence-electron chi connectivity index (χ1n) is 7.76. The summed E-state index contributed by atoms with van der Waals surface area (Å²) in [6.45, 7) is 0.877. The molecule has 1 fully saturated rings. The zero-order valence-corrected chi connectivity index (χ0v) is 13.8. The third-order valence-electron chi connectivity index (χ3n) is 4.10. The van der Waals surface area contributed by atoms with Crippen molar-refractivity contribution in [3.8, 4) is 0 Å². The molecule has 1 aliphatic rings. The average Bonchev–Trinajstić information content (AvgIpc) is 3.00. The maximum Gasteiger partial charge on any atom is 0.317 e. The van der Waals surface area contributed by atoms with Crippen molar-refractivity contribution in [2.75, 3.05) is 25.9 Å². The van der Waals surface area contributed by atoms with E-state index in [-0.39, 0.29) is 18.3 Å². The molecule has 1 aromatic carbocycles. The number of carbonyl (C=O) groups excluding carboxylic acids is 1. The monoisotopic (exact) mass is 324 g/mol. The van der Waals surface area contributed by atoms with Crippen LogP contribution in [0.25, 0.3) is 0 Å². The molecule has 0 saturated heterocycles. The van der Waals surface area contributed by atoms with Crippen LogP contribution in [0, 0.1) is 5.92 Å². The molecular formula is C16H24N2O3S. The molecule has 122 valence electrons. The first-order valence-corrected chi connectivity index (χ1v) is 9.41. The lowest BCUT2D eigenvalue weighted by atomic mass is 10.1. The molecule has 1 saturated carbocycles. The maximum atomic E-state index is 12.1. The number of amides is 2. The number of nitrogens with one attached hydrogen (secondary N) is 1. The molecule has 1 aliphatic carbocycles. The van der Waals surface area contributed by atoms with Crippen molar-refractivity contribution in [3.63, 3.8) is 0 Å². The number of urea groups is 1. The molecule has 0 atom stereocenters. The second kappa shape index (κ2) is 7.63. The molecule has 0 aliphatic heterocycles. The molecule has 0 aromatic heterocycles. The van der Waals surface area contributed by atoms with Gasteiger partial charge in [-0.15, -0.1) is 0 Å². The van der Waals surface area contributed by atoms with Crippen LogP contribution in [0.3, 0.4) is 0 Å². The lowest BCUT2D eigenvalue weighted by Gasteiger charge is -2.21. The zero-order chi connectivity index (χ0) is 16.0. The van der Waals surface area contributed by atoms with Crippen LogP contribution < -0.4 is 5.32 Å². The summed E-state index contributed by atoms with van der Waals surface area (Å²) < 4.78 is 24.2. The van der Waals surface area contributed by atoms with Gasteiger partial charge in [0.2, 0.25) is 0 Å². The topological polar surface area (TPSA) is 66.5 Å². The zero-order valence-electron chi connectivity index (χ0n) is 13.0. The molecule has 22 heavy (non-hydrogen) atoms. The summed E-state index contributed by atoms with van der Waals surface area (Å²) in [5.74, 6) is 0.504. The van der Waals surface area contributed by atoms with Crippen LogP contribution in [-0.2, 0) is 9.84 Å². The summed E-state index contributed by atoms with van der Waals surface area (Å²) in [7, 11) is -1.57. The van der Waals surface area contributed by atoms with Crippen molar-refractivity contribution in [3.05, 3.63) is 30.3 Å². The van der Waals surface area contributed by atoms with Gasteiger partial charge in [0, 0.05) is 20.1 Å². The van der Waals surface area contributed by atoms with Crippen molar-refractivity contribution in [2.24, 2.45) is 5.92 Å². The molecule has 1 aromatic rings. The predicted octanol–water partition coefficient (Wildman–Crippen LogP) is 2.29. The van der Waals surface area contributed by atoms with E-state index in [0.29, 0.717) is 10.8 Å². The van der Waals surface area contributed by atoms with Gasteiger partial charge in [-0.2, -0.15) is 0 Å². The van der Waals surface area contributed by atoms with Crippen LogP contribution in [0.5, 0.6) is 0 Å². The average molecular weight is 324 g/mol. The molecule has 0 unspecified atom stereocenters. The molecule has 2 rings (SSSR count). The number of sulfone groups is 1. The fourth-order valence-corrected chi connectivity index (χ4v) is 4.01. The van der Waals surface area contributed by atoms with E-state index in [1.807, 2.05) is 0 Å². The smallest absolute Gasteiger partial charge is 0.317 e.